The van der Waals surface area contributed by atoms with Crippen LogP contribution < -0.4 is 14.8 Å². The summed E-state index contributed by atoms with van der Waals surface area (Å²) in [5, 5.41) is 23.5. The Morgan fingerprint density at radius 3 is 2.26 bits per heavy atom. The second-order valence-electron chi connectivity index (χ2n) is 8.43. The van der Waals surface area contributed by atoms with Crippen LogP contribution in [0.25, 0.3) is 0 Å². The Labute approximate surface area is 224 Å². The van der Waals surface area contributed by atoms with E-state index in [2.05, 4.69) is 10.3 Å². The van der Waals surface area contributed by atoms with Crippen LogP contribution in [0.5, 0.6) is 11.6 Å². The number of nitrogens with one attached hydrogen (secondary N) is 1. The number of carbonyl (C=O) groups is 2. The monoisotopic (exact) mass is 527 g/mol. The molecule has 0 radical (unpaired) electrons. The van der Waals surface area contributed by atoms with E-state index in [1.807, 2.05) is 6.07 Å². The third-order valence-electron chi connectivity index (χ3n) is 5.73. The van der Waals surface area contributed by atoms with Crippen LogP contribution in [0.1, 0.15) is 21.5 Å². The first-order valence-corrected chi connectivity index (χ1v) is 12.0. The highest BCUT2D eigenvalue weighted by Crippen LogP contribution is 2.22. The summed E-state index contributed by atoms with van der Waals surface area (Å²) in [6.07, 6.45) is 1.30. The second-order valence-corrected chi connectivity index (χ2v) is 8.43. The van der Waals surface area contributed by atoms with Gasteiger partial charge in [-0.05, 0) is 29.8 Å². The van der Waals surface area contributed by atoms with Crippen LogP contribution in [0.2, 0.25) is 0 Å². The van der Waals surface area contributed by atoms with E-state index in [-0.39, 0.29) is 37.0 Å². The molecule has 0 aliphatic rings. The largest absolute Gasteiger partial charge is 0.490 e. The highest BCUT2D eigenvalue weighted by Gasteiger charge is 2.21. The summed E-state index contributed by atoms with van der Waals surface area (Å²) in [6, 6.07) is 24.4. The number of ketones is 1. The van der Waals surface area contributed by atoms with Crippen molar-refractivity contribution < 1.29 is 29.1 Å². The molecule has 0 aliphatic heterocycles. The van der Waals surface area contributed by atoms with E-state index in [9.17, 15) is 24.8 Å². The zero-order valence-corrected chi connectivity index (χ0v) is 20.7. The molecule has 0 bridgehead atoms. The molecule has 2 N–H and O–H groups in total. The minimum atomic E-state index is -1.05. The normalized spacial score (nSPS) is 11.3. The molecule has 10 heteroatoms. The van der Waals surface area contributed by atoms with Gasteiger partial charge in [-0.3, -0.25) is 14.9 Å². The van der Waals surface area contributed by atoms with Crippen LogP contribution in [-0.2, 0) is 11.2 Å². The fourth-order valence-electron chi connectivity index (χ4n) is 3.77. The van der Waals surface area contributed by atoms with E-state index in [0.29, 0.717) is 22.6 Å². The number of carboxylic acids is 1. The Morgan fingerprint density at radius 2 is 1.59 bits per heavy atom. The predicted octanol–water partition coefficient (Wildman–Crippen LogP) is 4.79. The first-order chi connectivity index (χ1) is 18.9. The number of nitrogens with zero attached hydrogens (tertiary/aromatic N) is 2. The van der Waals surface area contributed by atoms with Crippen LogP contribution in [0.3, 0.4) is 0 Å². The number of carboxylic acid groups (broad SMARTS) is 1. The number of para-hydroxylation sites is 1. The second kappa shape index (κ2) is 12.8. The van der Waals surface area contributed by atoms with Gasteiger partial charge >= 0.3 is 5.97 Å². The number of pyridine rings is 1. The van der Waals surface area contributed by atoms with Gasteiger partial charge in [-0.25, -0.2) is 9.78 Å². The summed E-state index contributed by atoms with van der Waals surface area (Å²) < 4.78 is 11.1. The van der Waals surface area contributed by atoms with Crippen molar-refractivity contribution in [2.75, 3.05) is 18.5 Å². The predicted molar refractivity (Wildman–Crippen MR) is 143 cm³/mol. The highest BCUT2D eigenvalue weighted by molar-refractivity contribution is 6.12. The maximum Gasteiger partial charge on any atom is 0.326 e. The highest BCUT2D eigenvalue weighted by atomic mass is 16.6. The van der Waals surface area contributed by atoms with Gasteiger partial charge in [0.05, 0.1) is 4.92 Å². The van der Waals surface area contributed by atoms with Gasteiger partial charge in [0.1, 0.15) is 31.2 Å². The molecule has 4 aromatic rings. The van der Waals surface area contributed by atoms with Gasteiger partial charge in [-0.1, -0.05) is 54.6 Å². The number of benzene rings is 3. The lowest BCUT2D eigenvalue weighted by Gasteiger charge is -2.18. The lowest BCUT2D eigenvalue weighted by molar-refractivity contribution is -0.385. The summed E-state index contributed by atoms with van der Waals surface area (Å²) in [5.41, 5.74) is 2.00. The molecule has 0 saturated carbocycles. The Bertz CT molecular complexity index is 1430. The van der Waals surface area contributed by atoms with E-state index < -0.39 is 16.9 Å². The van der Waals surface area contributed by atoms with Crippen molar-refractivity contribution in [3.05, 3.63) is 124 Å². The third-order valence-corrected chi connectivity index (χ3v) is 5.73. The van der Waals surface area contributed by atoms with Crippen molar-refractivity contribution in [2.24, 2.45) is 0 Å². The van der Waals surface area contributed by atoms with Crippen molar-refractivity contribution in [3.63, 3.8) is 0 Å². The van der Waals surface area contributed by atoms with Crippen molar-refractivity contribution in [3.8, 4) is 11.6 Å². The third kappa shape index (κ3) is 7.39. The Balaban J connectivity index is 1.32. The molecule has 1 aromatic heterocycles. The topological polar surface area (TPSA) is 141 Å². The number of rotatable bonds is 13. The molecule has 0 unspecified atom stereocenters. The molecule has 0 saturated heterocycles. The molecule has 0 fully saturated rings. The summed E-state index contributed by atoms with van der Waals surface area (Å²) in [7, 11) is 0. The van der Waals surface area contributed by atoms with Gasteiger partial charge in [-0.2, -0.15) is 0 Å². The van der Waals surface area contributed by atoms with Crippen molar-refractivity contribution >= 4 is 23.1 Å². The number of aromatic nitrogens is 1. The first-order valence-electron chi connectivity index (χ1n) is 12.0. The smallest absolute Gasteiger partial charge is 0.326 e. The molecule has 3 aromatic carbocycles. The number of nitro groups is 1. The van der Waals surface area contributed by atoms with E-state index in [4.69, 9.17) is 9.47 Å². The van der Waals surface area contributed by atoms with Gasteiger partial charge in [-0.15, -0.1) is 0 Å². The lowest BCUT2D eigenvalue weighted by Crippen LogP contribution is -2.32. The molecule has 39 heavy (non-hydrogen) atoms. The van der Waals surface area contributed by atoms with Crippen LogP contribution in [-0.4, -0.2) is 46.0 Å². The van der Waals surface area contributed by atoms with Crippen LogP contribution in [0, 0.1) is 10.1 Å². The van der Waals surface area contributed by atoms with E-state index >= 15 is 0 Å². The minimum Gasteiger partial charge on any atom is -0.490 e. The summed E-state index contributed by atoms with van der Waals surface area (Å²) in [5.74, 6) is -0.427. The molecular weight excluding hydrogens is 502 g/mol. The van der Waals surface area contributed by atoms with Crippen LogP contribution in [0.15, 0.2) is 97.2 Å². The SMILES string of the molecule is O=C(c1ccccc1)c1ccccc1N[C@@H](Cc1ccc(OCCOc2ccc([N+](=O)[O-])cn2)cc1)C(=O)O. The molecule has 1 heterocycles. The summed E-state index contributed by atoms with van der Waals surface area (Å²) in [4.78, 5) is 39.1. The molecule has 10 nitrogen and oxygen atoms in total. The van der Waals surface area contributed by atoms with Crippen molar-refractivity contribution in [2.45, 2.75) is 12.5 Å². The van der Waals surface area contributed by atoms with Gasteiger partial charge in [0, 0.05) is 35.4 Å². The fraction of sp³-hybridized carbons (Fsp3) is 0.138. The van der Waals surface area contributed by atoms with Gasteiger partial charge in [0.15, 0.2) is 5.78 Å². The minimum absolute atomic E-state index is 0.121. The standard InChI is InChI=1S/C29H25N3O7/c33-28(21-6-2-1-3-7-21)24-8-4-5-9-25(24)31-26(29(34)35)18-20-10-13-23(14-11-20)38-16-17-39-27-15-12-22(19-30-27)32(36)37/h1-15,19,26,31H,16-18H2,(H,34,35)/t26-/m0/s1. The van der Waals surface area contributed by atoms with Gasteiger partial charge in [0.2, 0.25) is 5.88 Å². The molecular formula is C29H25N3O7. The lowest BCUT2D eigenvalue weighted by atomic mass is 10.00. The van der Waals surface area contributed by atoms with Gasteiger partial charge < -0.3 is 19.9 Å². The zero-order chi connectivity index (χ0) is 27.6. The number of hydrogen-bond acceptors (Lipinski definition) is 8. The summed E-state index contributed by atoms with van der Waals surface area (Å²) in [6.45, 7) is 0.391. The number of ether oxygens (including phenoxy) is 2. The van der Waals surface area contributed by atoms with Crippen molar-refractivity contribution in [1.29, 1.82) is 0 Å². The summed E-state index contributed by atoms with van der Waals surface area (Å²) >= 11 is 0. The zero-order valence-electron chi connectivity index (χ0n) is 20.7. The maximum atomic E-state index is 13.0. The Morgan fingerprint density at radius 1 is 0.897 bits per heavy atom. The van der Waals surface area contributed by atoms with E-state index in [1.165, 1.54) is 12.1 Å². The van der Waals surface area contributed by atoms with E-state index in [0.717, 1.165) is 11.8 Å². The van der Waals surface area contributed by atoms with Crippen LogP contribution >= 0.6 is 0 Å². The average Bonchev–Trinajstić information content (AvgIpc) is 2.96. The number of hydrogen-bond donors (Lipinski definition) is 2. The average molecular weight is 528 g/mol. The first kappa shape index (κ1) is 26.8. The Kier molecular flexibility index (Phi) is 8.81. The molecule has 0 amide bonds. The molecule has 198 valence electrons. The van der Waals surface area contributed by atoms with E-state index in [1.54, 1.807) is 72.8 Å². The molecule has 0 aliphatic carbocycles. The quantitative estimate of drug-likeness (QED) is 0.109. The van der Waals surface area contributed by atoms with Crippen LogP contribution in [0.4, 0.5) is 11.4 Å². The van der Waals surface area contributed by atoms with Gasteiger partial charge in [0.25, 0.3) is 5.69 Å². The molecule has 0 spiro atoms. The molecule has 4 rings (SSSR count). The Hall–Kier alpha value is -5.25. The molecule has 1 atom stereocenters. The van der Waals surface area contributed by atoms with Crippen molar-refractivity contribution in [1.82, 2.24) is 4.98 Å². The number of aliphatic carboxylic acids is 1. The number of anilines is 1. The fourth-order valence-corrected chi connectivity index (χ4v) is 3.77. The maximum absolute atomic E-state index is 13.0. The number of carbonyl (C=O) groups excluding carboxylic acids is 1.